The fourth-order valence-corrected chi connectivity index (χ4v) is 2.29. The fourth-order valence-electron chi connectivity index (χ4n) is 2.29. The van der Waals surface area contributed by atoms with Gasteiger partial charge in [-0.05, 0) is 18.1 Å². The van der Waals surface area contributed by atoms with Crippen LogP contribution in [-0.2, 0) is 0 Å². The summed E-state index contributed by atoms with van der Waals surface area (Å²) in [5, 5.41) is 3.75. The normalized spacial score (nSPS) is 36.8. The van der Waals surface area contributed by atoms with Crippen LogP contribution in [0.3, 0.4) is 0 Å². The zero-order valence-electron chi connectivity index (χ0n) is 7.35. The third-order valence-electron chi connectivity index (χ3n) is 2.96. The number of fused-ring (bicyclic) bond motifs is 2. The van der Waals surface area contributed by atoms with E-state index in [4.69, 9.17) is 9.26 Å². The Bertz CT molecular complexity index is 286. The molecule has 0 spiro atoms. The number of piperidine rings is 1. The van der Waals surface area contributed by atoms with Crippen molar-refractivity contribution in [2.45, 2.75) is 12.5 Å². The van der Waals surface area contributed by atoms with E-state index in [2.05, 4.69) is 10.1 Å². The van der Waals surface area contributed by atoms with Crippen LogP contribution in [0.25, 0.3) is 0 Å². The van der Waals surface area contributed by atoms with Gasteiger partial charge in [-0.25, -0.2) is 0 Å². The van der Waals surface area contributed by atoms with E-state index >= 15 is 0 Å². The lowest BCUT2D eigenvalue weighted by Crippen LogP contribution is -2.32. The molecule has 0 amide bonds. The maximum Gasteiger partial charge on any atom is 0.254 e. The molecule has 0 N–H and O–H groups in total. The van der Waals surface area contributed by atoms with Crippen molar-refractivity contribution >= 4 is 0 Å². The van der Waals surface area contributed by atoms with Crippen molar-refractivity contribution in [3.05, 3.63) is 12.3 Å². The van der Waals surface area contributed by atoms with Crippen LogP contribution < -0.4 is 4.74 Å². The highest BCUT2D eigenvalue weighted by atomic mass is 16.5. The van der Waals surface area contributed by atoms with E-state index in [0.717, 1.165) is 6.54 Å². The summed E-state index contributed by atoms with van der Waals surface area (Å²) in [6.07, 6.45) is 3.14. The Balaban J connectivity index is 1.68. The Morgan fingerprint density at radius 3 is 3.15 bits per heavy atom. The molecule has 1 aromatic rings. The van der Waals surface area contributed by atoms with Crippen LogP contribution in [0.15, 0.2) is 16.9 Å². The average Bonchev–Trinajstić information content (AvgIpc) is 2.77. The van der Waals surface area contributed by atoms with Crippen LogP contribution in [-0.4, -0.2) is 35.8 Å². The Morgan fingerprint density at radius 2 is 2.54 bits per heavy atom. The van der Waals surface area contributed by atoms with Gasteiger partial charge in [-0.3, -0.25) is 4.90 Å². The van der Waals surface area contributed by atoms with E-state index < -0.39 is 0 Å². The topological polar surface area (TPSA) is 38.5 Å². The molecule has 3 atom stereocenters. The smallest absolute Gasteiger partial charge is 0.254 e. The molecule has 2 bridgehead atoms. The van der Waals surface area contributed by atoms with Crippen LogP contribution >= 0.6 is 0 Å². The Hall–Kier alpha value is -1.03. The quantitative estimate of drug-likeness (QED) is 0.673. The molecule has 70 valence electrons. The number of ether oxygens (including phenoxy) is 1. The predicted molar refractivity (Wildman–Crippen MR) is 45.5 cm³/mol. The lowest BCUT2D eigenvalue weighted by Gasteiger charge is -2.21. The van der Waals surface area contributed by atoms with E-state index in [-0.39, 0.29) is 0 Å². The third kappa shape index (κ3) is 1.21. The summed E-state index contributed by atoms with van der Waals surface area (Å²) in [4.78, 5) is 2.44. The minimum absolute atomic E-state index is 0.332. The summed E-state index contributed by atoms with van der Waals surface area (Å²) in [7, 11) is 0. The minimum Gasteiger partial charge on any atom is -0.470 e. The summed E-state index contributed by atoms with van der Waals surface area (Å²) in [6, 6.07) is 1.77. The standard InChI is InChI=1S/C9H12N2O2/c1-3-11-5-7(1)8(6-11)13-9-2-4-12-10-9/h2,4,7-8H,1,3,5-6H2/t7-,8+/m0/s1. The van der Waals surface area contributed by atoms with E-state index in [1.807, 2.05) is 0 Å². The van der Waals surface area contributed by atoms with Crippen LogP contribution in [0.1, 0.15) is 6.42 Å². The number of nitrogens with zero attached hydrogens (tertiary/aromatic N) is 2. The summed E-state index contributed by atoms with van der Waals surface area (Å²) >= 11 is 0. The molecule has 0 radical (unpaired) electrons. The number of aromatic nitrogens is 1. The first-order chi connectivity index (χ1) is 6.42. The van der Waals surface area contributed by atoms with Crippen molar-refractivity contribution in [2.24, 2.45) is 5.92 Å². The molecule has 0 aromatic carbocycles. The number of rotatable bonds is 2. The molecule has 2 aliphatic rings. The molecule has 2 aliphatic heterocycles. The summed E-state index contributed by atoms with van der Waals surface area (Å²) in [6.45, 7) is 3.49. The van der Waals surface area contributed by atoms with Crippen LogP contribution in [0, 0.1) is 5.92 Å². The number of hydrogen-bond acceptors (Lipinski definition) is 4. The summed E-state index contributed by atoms with van der Waals surface area (Å²) in [5.41, 5.74) is 0. The van der Waals surface area contributed by atoms with E-state index in [1.54, 1.807) is 12.3 Å². The van der Waals surface area contributed by atoms with Gasteiger partial charge in [0.2, 0.25) is 0 Å². The zero-order chi connectivity index (χ0) is 8.67. The minimum atomic E-state index is 0.332. The highest BCUT2D eigenvalue weighted by molar-refractivity contribution is 5.05. The van der Waals surface area contributed by atoms with Crippen molar-refractivity contribution < 1.29 is 9.26 Å². The first-order valence-corrected chi connectivity index (χ1v) is 4.71. The van der Waals surface area contributed by atoms with Gasteiger partial charge < -0.3 is 9.26 Å². The molecule has 4 heteroatoms. The van der Waals surface area contributed by atoms with E-state index in [9.17, 15) is 0 Å². The Morgan fingerprint density at radius 1 is 1.54 bits per heavy atom. The van der Waals surface area contributed by atoms with Crippen molar-refractivity contribution in [3.63, 3.8) is 0 Å². The van der Waals surface area contributed by atoms with Gasteiger partial charge in [0.05, 0.1) is 0 Å². The number of hydrogen-bond donors (Lipinski definition) is 0. The molecule has 1 unspecified atom stereocenters. The van der Waals surface area contributed by atoms with Gasteiger partial charge in [0.15, 0.2) is 0 Å². The third-order valence-corrected chi connectivity index (χ3v) is 2.96. The zero-order valence-corrected chi connectivity index (χ0v) is 7.35. The lowest BCUT2D eigenvalue weighted by molar-refractivity contribution is 0.130. The second-order valence-electron chi connectivity index (χ2n) is 3.80. The molecule has 2 saturated heterocycles. The van der Waals surface area contributed by atoms with Gasteiger partial charge in [0, 0.05) is 25.1 Å². The molecule has 0 aliphatic carbocycles. The van der Waals surface area contributed by atoms with E-state index in [0.29, 0.717) is 17.9 Å². The largest absolute Gasteiger partial charge is 0.470 e. The highest BCUT2D eigenvalue weighted by Crippen LogP contribution is 2.30. The van der Waals surface area contributed by atoms with Gasteiger partial charge in [-0.2, -0.15) is 0 Å². The monoisotopic (exact) mass is 180 g/mol. The molecular weight excluding hydrogens is 168 g/mol. The van der Waals surface area contributed by atoms with Crippen molar-refractivity contribution in [1.82, 2.24) is 10.1 Å². The van der Waals surface area contributed by atoms with Crippen LogP contribution in [0.5, 0.6) is 5.88 Å². The summed E-state index contributed by atoms with van der Waals surface area (Å²) in [5.74, 6) is 1.33. The van der Waals surface area contributed by atoms with Crippen molar-refractivity contribution in [3.8, 4) is 5.88 Å². The molecule has 3 rings (SSSR count). The van der Waals surface area contributed by atoms with Crippen LogP contribution in [0.2, 0.25) is 0 Å². The maximum atomic E-state index is 5.70. The molecule has 3 heterocycles. The van der Waals surface area contributed by atoms with Gasteiger partial charge in [-0.15, -0.1) is 0 Å². The van der Waals surface area contributed by atoms with Crippen molar-refractivity contribution in [2.75, 3.05) is 19.6 Å². The van der Waals surface area contributed by atoms with Crippen molar-refractivity contribution in [1.29, 1.82) is 0 Å². The lowest BCUT2D eigenvalue weighted by atomic mass is 10.0. The summed E-state index contributed by atoms with van der Waals surface area (Å²) < 4.78 is 10.4. The molecule has 0 saturated carbocycles. The first kappa shape index (κ1) is 7.38. The van der Waals surface area contributed by atoms with Gasteiger partial charge in [0.1, 0.15) is 12.4 Å². The van der Waals surface area contributed by atoms with Gasteiger partial charge in [-0.1, -0.05) is 0 Å². The van der Waals surface area contributed by atoms with Crippen LogP contribution in [0.4, 0.5) is 0 Å². The molecule has 13 heavy (non-hydrogen) atoms. The van der Waals surface area contributed by atoms with Gasteiger partial charge >= 0.3 is 0 Å². The highest BCUT2D eigenvalue weighted by Gasteiger charge is 2.39. The average molecular weight is 180 g/mol. The van der Waals surface area contributed by atoms with Gasteiger partial charge in [0.25, 0.3) is 5.88 Å². The second-order valence-corrected chi connectivity index (χ2v) is 3.80. The Labute approximate surface area is 76.4 Å². The fraction of sp³-hybridized carbons (Fsp3) is 0.667. The second kappa shape index (κ2) is 2.73. The maximum absolute atomic E-state index is 5.70. The van der Waals surface area contributed by atoms with E-state index in [1.165, 1.54) is 19.5 Å². The molecular formula is C9H12N2O2. The SMILES string of the molecule is c1cc(O[C@@H]2CN3CC[C@H]2C3)no1. The first-order valence-electron chi connectivity index (χ1n) is 4.71. The molecule has 2 fully saturated rings. The Kier molecular flexibility index (Phi) is 1.55. The predicted octanol–water partition coefficient (Wildman–Crippen LogP) is 0.757. The molecule has 1 aromatic heterocycles. The molecule has 4 nitrogen and oxygen atoms in total.